The number of benzene rings is 2. The quantitative estimate of drug-likeness (QED) is 0.615. The van der Waals surface area contributed by atoms with E-state index in [1.54, 1.807) is 4.90 Å². The largest absolute Gasteiger partial charge is 0.494 e. The number of fused-ring (bicyclic) bond motifs is 1. The first-order valence-electron chi connectivity index (χ1n) is 10.9. The van der Waals surface area contributed by atoms with Crippen molar-refractivity contribution in [3.63, 3.8) is 0 Å². The zero-order chi connectivity index (χ0) is 22.5. The predicted molar refractivity (Wildman–Crippen MR) is 122 cm³/mol. The maximum absolute atomic E-state index is 13.5. The Kier molecular flexibility index (Phi) is 6.87. The fraction of sp³-hybridized carbons (Fsp3) is 0.360. The third kappa shape index (κ3) is 5.00. The van der Waals surface area contributed by atoms with E-state index in [0.29, 0.717) is 44.1 Å². The Morgan fingerprint density at radius 3 is 2.78 bits per heavy atom. The molecule has 4 rings (SSSR count). The second-order valence-electron chi connectivity index (χ2n) is 7.87. The lowest BCUT2D eigenvalue weighted by molar-refractivity contribution is -0.0953. The topological polar surface area (TPSA) is 80.9 Å². The SMILES string of the molecule is CCOc1ccc2[nH]c(=O)c(CN(C[C@H]3COCCO3)C(=O)c3ccccc3C)cc2c1. The Bertz CT molecular complexity index is 1150. The first-order valence-corrected chi connectivity index (χ1v) is 10.9. The van der Waals surface area contributed by atoms with Crippen LogP contribution in [0.2, 0.25) is 0 Å². The fourth-order valence-corrected chi connectivity index (χ4v) is 3.90. The lowest BCUT2D eigenvalue weighted by atomic mass is 10.1. The van der Waals surface area contributed by atoms with Crippen molar-refractivity contribution in [2.75, 3.05) is 33.0 Å². The summed E-state index contributed by atoms with van der Waals surface area (Å²) < 4.78 is 16.9. The summed E-state index contributed by atoms with van der Waals surface area (Å²) in [7, 11) is 0. The fourth-order valence-electron chi connectivity index (χ4n) is 3.90. The molecule has 0 spiro atoms. The van der Waals surface area contributed by atoms with Gasteiger partial charge in [-0.3, -0.25) is 9.59 Å². The average Bonchev–Trinajstić information content (AvgIpc) is 2.80. The minimum atomic E-state index is -0.235. The average molecular weight is 437 g/mol. The molecule has 32 heavy (non-hydrogen) atoms. The third-order valence-corrected chi connectivity index (χ3v) is 5.54. The molecule has 1 atom stereocenters. The molecule has 0 bridgehead atoms. The molecule has 1 saturated heterocycles. The van der Waals surface area contributed by atoms with Gasteiger partial charge in [-0.05, 0) is 49.7 Å². The van der Waals surface area contributed by atoms with Gasteiger partial charge in [0.15, 0.2) is 0 Å². The minimum absolute atomic E-state index is 0.139. The number of amides is 1. The van der Waals surface area contributed by atoms with Crippen molar-refractivity contribution in [1.29, 1.82) is 0 Å². The van der Waals surface area contributed by atoms with E-state index in [9.17, 15) is 9.59 Å². The Labute approximate surface area is 186 Å². The molecule has 1 N–H and O–H groups in total. The molecule has 1 amide bonds. The molecule has 2 aromatic carbocycles. The third-order valence-electron chi connectivity index (χ3n) is 5.54. The molecular weight excluding hydrogens is 408 g/mol. The van der Waals surface area contributed by atoms with Gasteiger partial charge < -0.3 is 24.1 Å². The molecule has 2 heterocycles. The van der Waals surface area contributed by atoms with Gasteiger partial charge in [-0.15, -0.1) is 0 Å². The highest BCUT2D eigenvalue weighted by Gasteiger charge is 2.25. The van der Waals surface area contributed by atoms with Crippen molar-refractivity contribution in [3.05, 3.63) is 75.6 Å². The van der Waals surface area contributed by atoms with Gasteiger partial charge in [0.2, 0.25) is 0 Å². The number of nitrogens with one attached hydrogen (secondary N) is 1. The van der Waals surface area contributed by atoms with E-state index >= 15 is 0 Å². The Balaban J connectivity index is 1.67. The summed E-state index contributed by atoms with van der Waals surface area (Å²) in [5.74, 6) is 0.596. The van der Waals surface area contributed by atoms with Gasteiger partial charge in [0.1, 0.15) is 5.75 Å². The lowest BCUT2D eigenvalue weighted by Crippen LogP contribution is -2.43. The van der Waals surface area contributed by atoms with E-state index in [1.807, 2.05) is 62.4 Å². The van der Waals surface area contributed by atoms with Crippen molar-refractivity contribution < 1.29 is 19.0 Å². The predicted octanol–water partition coefficient (Wildman–Crippen LogP) is 3.29. The molecular formula is C25H28N2O5. The van der Waals surface area contributed by atoms with Crippen LogP contribution in [0.5, 0.6) is 5.75 Å². The first-order chi connectivity index (χ1) is 15.5. The zero-order valence-electron chi connectivity index (χ0n) is 18.4. The second-order valence-corrected chi connectivity index (χ2v) is 7.87. The number of aromatic nitrogens is 1. The van der Waals surface area contributed by atoms with Crippen LogP contribution in [0, 0.1) is 6.92 Å². The smallest absolute Gasteiger partial charge is 0.254 e. The number of carbonyl (C=O) groups is 1. The zero-order valence-corrected chi connectivity index (χ0v) is 18.4. The minimum Gasteiger partial charge on any atom is -0.494 e. The molecule has 1 aromatic heterocycles. The highest BCUT2D eigenvalue weighted by atomic mass is 16.6. The number of rotatable bonds is 7. The molecule has 7 nitrogen and oxygen atoms in total. The van der Waals surface area contributed by atoms with Crippen LogP contribution >= 0.6 is 0 Å². The summed E-state index contributed by atoms with van der Waals surface area (Å²) in [5, 5.41) is 0.853. The van der Waals surface area contributed by atoms with E-state index < -0.39 is 0 Å². The van der Waals surface area contributed by atoms with Crippen LogP contribution in [0.3, 0.4) is 0 Å². The summed E-state index contributed by atoms with van der Waals surface area (Å²) in [4.78, 5) is 30.9. The van der Waals surface area contributed by atoms with Gasteiger partial charge in [-0.2, -0.15) is 0 Å². The molecule has 0 radical (unpaired) electrons. The number of hydrogen-bond donors (Lipinski definition) is 1. The van der Waals surface area contributed by atoms with Crippen molar-refractivity contribution in [2.24, 2.45) is 0 Å². The summed E-state index contributed by atoms with van der Waals surface area (Å²) in [6, 6.07) is 14.8. The number of aryl methyl sites for hydroxylation is 1. The van der Waals surface area contributed by atoms with Crippen LogP contribution in [-0.4, -0.2) is 54.9 Å². The second kappa shape index (κ2) is 9.97. The Morgan fingerprint density at radius 1 is 1.19 bits per heavy atom. The summed E-state index contributed by atoms with van der Waals surface area (Å²) >= 11 is 0. The summed E-state index contributed by atoms with van der Waals surface area (Å²) in [6.45, 7) is 6.36. The number of aromatic amines is 1. The van der Waals surface area contributed by atoms with Crippen LogP contribution in [0.25, 0.3) is 10.9 Å². The van der Waals surface area contributed by atoms with E-state index in [1.165, 1.54) is 0 Å². The lowest BCUT2D eigenvalue weighted by Gasteiger charge is -2.30. The van der Waals surface area contributed by atoms with Crippen molar-refractivity contribution in [1.82, 2.24) is 9.88 Å². The molecule has 1 aliphatic heterocycles. The van der Waals surface area contributed by atoms with Gasteiger partial charge in [-0.25, -0.2) is 0 Å². The molecule has 0 unspecified atom stereocenters. The van der Waals surface area contributed by atoms with Crippen LogP contribution in [0.4, 0.5) is 0 Å². The number of H-pyrrole nitrogens is 1. The van der Waals surface area contributed by atoms with Crippen LogP contribution in [0.15, 0.2) is 53.3 Å². The van der Waals surface area contributed by atoms with E-state index in [4.69, 9.17) is 14.2 Å². The van der Waals surface area contributed by atoms with E-state index in [2.05, 4.69) is 4.98 Å². The maximum Gasteiger partial charge on any atom is 0.254 e. The number of pyridine rings is 1. The summed E-state index contributed by atoms with van der Waals surface area (Å²) in [5.41, 5.74) is 2.51. The molecule has 0 aliphatic carbocycles. The van der Waals surface area contributed by atoms with Gasteiger partial charge in [-0.1, -0.05) is 18.2 Å². The Hall–Kier alpha value is -3.16. The molecule has 7 heteroatoms. The van der Waals surface area contributed by atoms with Gasteiger partial charge in [0.05, 0.1) is 39.1 Å². The first kappa shape index (κ1) is 22.0. The molecule has 0 saturated carbocycles. The monoisotopic (exact) mass is 436 g/mol. The number of carbonyl (C=O) groups excluding carboxylic acids is 1. The van der Waals surface area contributed by atoms with Crippen LogP contribution < -0.4 is 10.3 Å². The van der Waals surface area contributed by atoms with Crippen molar-refractivity contribution >= 4 is 16.8 Å². The highest BCUT2D eigenvalue weighted by molar-refractivity contribution is 5.95. The van der Waals surface area contributed by atoms with Gasteiger partial charge in [0.25, 0.3) is 11.5 Å². The molecule has 1 aliphatic rings. The van der Waals surface area contributed by atoms with Gasteiger partial charge >= 0.3 is 0 Å². The van der Waals surface area contributed by atoms with Crippen molar-refractivity contribution in [2.45, 2.75) is 26.5 Å². The summed E-state index contributed by atoms with van der Waals surface area (Å²) in [6.07, 6.45) is -0.235. The number of ether oxygens (including phenoxy) is 3. The van der Waals surface area contributed by atoms with Gasteiger partial charge in [0, 0.05) is 28.6 Å². The normalized spacial score (nSPS) is 16.1. The highest BCUT2D eigenvalue weighted by Crippen LogP contribution is 2.21. The Morgan fingerprint density at radius 2 is 2.03 bits per heavy atom. The van der Waals surface area contributed by atoms with Crippen LogP contribution in [-0.2, 0) is 16.0 Å². The molecule has 1 fully saturated rings. The number of nitrogens with zero attached hydrogens (tertiary/aromatic N) is 1. The van der Waals surface area contributed by atoms with E-state index in [0.717, 1.165) is 22.2 Å². The van der Waals surface area contributed by atoms with E-state index in [-0.39, 0.29) is 24.1 Å². The number of hydrogen-bond acceptors (Lipinski definition) is 5. The molecule has 3 aromatic rings. The standard InChI is InChI=1S/C25H28N2O5/c1-3-31-20-8-9-23-18(13-20)12-19(24(28)26-23)14-27(15-21-16-30-10-11-32-21)25(29)22-7-5-4-6-17(22)2/h4-9,12-13,21H,3,10-11,14-16H2,1-2H3,(H,26,28)/t21-/m0/s1. The van der Waals surface area contributed by atoms with Crippen molar-refractivity contribution in [3.8, 4) is 5.75 Å². The maximum atomic E-state index is 13.5. The molecule has 168 valence electrons. The van der Waals surface area contributed by atoms with Crippen LogP contribution in [0.1, 0.15) is 28.4 Å².